The Hall–Kier alpha value is -2.95. The Bertz CT molecular complexity index is 956. The van der Waals surface area contributed by atoms with Gasteiger partial charge in [0.2, 0.25) is 0 Å². The first-order chi connectivity index (χ1) is 15.7. The molecule has 2 atom stereocenters. The van der Waals surface area contributed by atoms with Gasteiger partial charge in [-0.2, -0.15) is 5.26 Å². The minimum absolute atomic E-state index is 0.0562. The highest BCUT2D eigenvalue weighted by atomic mass is 16.5. The highest BCUT2D eigenvalue weighted by molar-refractivity contribution is 5.46. The topological polar surface area (TPSA) is 95.2 Å². The van der Waals surface area contributed by atoms with E-state index in [-0.39, 0.29) is 11.7 Å². The number of ether oxygens (including phenoxy) is 3. The second-order valence-corrected chi connectivity index (χ2v) is 8.62. The van der Waals surface area contributed by atoms with Crippen LogP contribution in [0.3, 0.4) is 0 Å². The van der Waals surface area contributed by atoms with E-state index >= 15 is 0 Å². The molecule has 2 rings (SSSR count). The summed E-state index contributed by atoms with van der Waals surface area (Å²) in [5.74, 6) is 1.69. The third kappa shape index (κ3) is 6.10. The first kappa shape index (κ1) is 26.3. The molecule has 0 saturated heterocycles. The highest BCUT2D eigenvalue weighted by Gasteiger charge is 2.36. The van der Waals surface area contributed by atoms with E-state index < -0.39 is 11.5 Å². The van der Waals surface area contributed by atoms with Crippen LogP contribution in [0.25, 0.3) is 0 Å². The van der Waals surface area contributed by atoms with E-state index in [9.17, 15) is 15.5 Å². The molecule has 0 saturated carbocycles. The number of aliphatic hydroxyl groups excluding tert-OH is 1. The Morgan fingerprint density at radius 1 is 1.00 bits per heavy atom. The van der Waals surface area contributed by atoms with Crippen LogP contribution in [-0.2, 0) is 5.41 Å². The van der Waals surface area contributed by atoms with Crippen LogP contribution in [0.1, 0.15) is 43.9 Å². The summed E-state index contributed by atoms with van der Waals surface area (Å²) in [6, 6.07) is 13.1. The molecule has 2 aromatic rings. The zero-order valence-corrected chi connectivity index (χ0v) is 20.5. The number of nitriles is 1. The summed E-state index contributed by atoms with van der Waals surface area (Å²) >= 11 is 0. The number of hydrogen-bond donors (Lipinski definition) is 2. The molecule has 0 amide bonds. The Labute approximate surface area is 197 Å². The number of rotatable bonds is 12. The molecule has 2 unspecified atom stereocenters. The molecule has 180 valence electrons. The summed E-state index contributed by atoms with van der Waals surface area (Å²) in [6.45, 7) is 5.24. The van der Waals surface area contributed by atoms with Crippen LogP contribution in [0.5, 0.6) is 23.0 Å². The molecule has 2 aromatic carbocycles. The maximum absolute atomic E-state index is 10.7. The number of phenolic OH excluding ortho intramolecular Hbond substituents is 1. The summed E-state index contributed by atoms with van der Waals surface area (Å²) < 4.78 is 15.8. The first-order valence-corrected chi connectivity index (χ1v) is 11.1. The minimum Gasteiger partial charge on any atom is -0.504 e. The molecule has 0 radical (unpaired) electrons. The molecule has 0 heterocycles. The van der Waals surface area contributed by atoms with Crippen molar-refractivity contribution in [1.82, 2.24) is 4.90 Å². The summed E-state index contributed by atoms with van der Waals surface area (Å²) in [5.41, 5.74) is 0.885. The summed E-state index contributed by atoms with van der Waals surface area (Å²) in [4.78, 5) is 2.06. The van der Waals surface area contributed by atoms with Gasteiger partial charge >= 0.3 is 0 Å². The van der Waals surface area contributed by atoms with Gasteiger partial charge < -0.3 is 29.3 Å². The second kappa shape index (κ2) is 11.8. The van der Waals surface area contributed by atoms with E-state index in [4.69, 9.17) is 14.2 Å². The number of aliphatic hydroxyl groups is 1. The highest BCUT2D eigenvalue weighted by Crippen LogP contribution is 2.40. The third-order valence-electron chi connectivity index (χ3n) is 6.27. The van der Waals surface area contributed by atoms with E-state index in [0.717, 1.165) is 24.1 Å². The van der Waals surface area contributed by atoms with Crippen LogP contribution in [0, 0.1) is 17.2 Å². The van der Waals surface area contributed by atoms with Crippen molar-refractivity contribution in [1.29, 1.82) is 5.26 Å². The average molecular weight is 457 g/mol. The van der Waals surface area contributed by atoms with Crippen LogP contribution in [0.4, 0.5) is 0 Å². The maximum atomic E-state index is 10.7. The minimum atomic E-state index is -0.705. The zero-order chi connectivity index (χ0) is 24.6. The van der Waals surface area contributed by atoms with E-state index in [1.807, 2.05) is 27.0 Å². The molecule has 0 aliphatic rings. The van der Waals surface area contributed by atoms with Crippen LogP contribution < -0.4 is 14.2 Å². The lowest BCUT2D eigenvalue weighted by molar-refractivity contribution is 0.124. The summed E-state index contributed by atoms with van der Waals surface area (Å²) in [6.07, 6.45) is 0.734. The van der Waals surface area contributed by atoms with Gasteiger partial charge in [0.15, 0.2) is 23.0 Å². The molecule has 0 bridgehead atoms. The van der Waals surface area contributed by atoms with Crippen molar-refractivity contribution in [2.75, 3.05) is 41.5 Å². The summed E-state index contributed by atoms with van der Waals surface area (Å²) in [7, 11) is 6.60. The number of hydrogen-bond acceptors (Lipinski definition) is 7. The number of phenols is 1. The SMILES string of the molecule is COc1cc(C(C#N)(CCCN(C)CC(O)c2ccc(OC)c(OC)c2)C(C)C)ccc1O. The molecule has 2 N–H and O–H groups in total. The lowest BCUT2D eigenvalue weighted by Gasteiger charge is -2.32. The second-order valence-electron chi connectivity index (χ2n) is 8.62. The van der Waals surface area contributed by atoms with Crippen molar-refractivity contribution in [3.05, 3.63) is 47.5 Å². The molecule has 0 aliphatic carbocycles. The largest absolute Gasteiger partial charge is 0.504 e. The fourth-order valence-corrected chi connectivity index (χ4v) is 4.15. The Balaban J connectivity index is 2.06. The molecule has 0 spiro atoms. The van der Waals surface area contributed by atoms with Crippen LogP contribution in [-0.4, -0.2) is 56.6 Å². The van der Waals surface area contributed by atoms with Crippen molar-refractivity contribution < 1.29 is 24.4 Å². The Kier molecular flexibility index (Phi) is 9.39. The molecule has 0 aliphatic heterocycles. The van der Waals surface area contributed by atoms with Gasteiger partial charge in [-0.3, -0.25) is 0 Å². The van der Waals surface area contributed by atoms with Crippen molar-refractivity contribution >= 4 is 0 Å². The van der Waals surface area contributed by atoms with E-state index in [0.29, 0.717) is 30.2 Å². The van der Waals surface area contributed by atoms with Gasteiger partial charge in [-0.05, 0) is 67.7 Å². The summed E-state index contributed by atoms with van der Waals surface area (Å²) in [5, 5.41) is 30.8. The number of likely N-dealkylation sites (N-methyl/N-ethyl adjacent to an activating group) is 1. The van der Waals surface area contributed by atoms with Gasteiger partial charge in [-0.1, -0.05) is 26.0 Å². The van der Waals surface area contributed by atoms with E-state index in [1.165, 1.54) is 7.11 Å². The number of benzene rings is 2. The van der Waals surface area contributed by atoms with Gasteiger partial charge in [0.25, 0.3) is 0 Å². The van der Waals surface area contributed by atoms with Crippen molar-refractivity contribution in [2.24, 2.45) is 5.92 Å². The first-order valence-electron chi connectivity index (χ1n) is 11.1. The van der Waals surface area contributed by atoms with E-state index in [1.54, 1.807) is 44.6 Å². The van der Waals surface area contributed by atoms with Gasteiger partial charge in [0, 0.05) is 6.54 Å². The predicted octanol–water partition coefficient (Wildman–Crippen LogP) is 4.28. The standard InChI is InChI=1S/C26H36N2O5/c1-18(2)26(17-27,20-9-10-21(29)24(15-20)32-5)12-7-13-28(3)16-22(30)19-8-11-23(31-4)25(14-19)33-6/h8-11,14-15,18,22,29-30H,7,12-13,16H2,1-6H3. The molecular weight excluding hydrogens is 420 g/mol. The van der Waals surface area contributed by atoms with Crippen LogP contribution >= 0.6 is 0 Å². The molecule has 7 heteroatoms. The van der Waals surface area contributed by atoms with Crippen molar-refractivity contribution in [3.8, 4) is 29.1 Å². The molecular formula is C26H36N2O5. The van der Waals surface area contributed by atoms with Gasteiger partial charge in [-0.25, -0.2) is 0 Å². The quantitative estimate of drug-likeness (QED) is 0.492. The average Bonchev–Trinajstić information content (AvgIpc) is 2.81. The monoisotopic (exact) mass is 456 g/mol. The van der Waals surface area contributed by atoms with Crippen molar-refractivity contribution in [3.63, 3.8) is 0 Å². The molecule has 0 fully saturated rings. The number of methoxy groups -OCH3 is 3. The van der Waals surface area contributed by atoms with E-state index in [2.05, 4.69) is 11.0 Å². The normalized spacial score (nSPS) is 13.9. The molecule has 0 aromatic heterocycles. The third-order valence-corrected chi connectivity index (χ3v) is 6.27. The number of nitrogens with zero attached hydrogens (tertiary/aromatic N) is 2. The van der Waals surface area contributed by atoms with Crippen LogP contribution in [0.15, 0.2) is 36.4 Å². The van der Waals surface area contributed by atoms with Crippen LogP contribution in [0.2, 0.25) is 0 Å². The lowest BCUT2D eigenvalue weighted by Crippen LogP contribution is -2.33. The number of aromatic hydroxyl groups is 1. The zero-order valence-electron chi connectivity index (χ0n) is 20.5. The fourth-order valence-electron chi connectivity index (χ4n) is 4.15. The Morgan fingerprint density at radius 3 is 2.24 bits per heavy atom. The van der Waals surface area contributed by atoms with Gasteiger partial charge in [0.1, 0.15) is 0 Å². The predicted molar refractivity (Wildman–Crippen MR) is 128 cm³/mol. The van der Waals surface area contributed by atoms with Gasteiger partial charge in [-0.15, -0.1) is 0 Å². The van der Waals surface area contributed by atoms with Gasteiger partial charge in [0.05, 0.1) is 38.9 Å². The smallest absolute Gasteiger partial charge is 0.161 e. The molecule has 7 nitrogen and oxygen atoms in total. The maximum Gasteiger partial charge on any atom is 0.161 e. The van der Waals surface area contributed by atoms with Crippen molar-refractivity contribution in [2.45, 2.75) is 38.2 Å². The fraction of sp³-hybridized carbons (Fsp3) is 0.500. The molecule has 33 heavy (non-hydrogen) atoms. The lowest BCUT2D eigenvalue weighted by atomic mass is 9.69. The Morgan fingerprint density at radius 2 is 1.67 bits per heavy atom.